The summed E-state index contributed by atoms with van der Waals surface area (Å²) in [5.74, 6) is 5.05. The number of nitrogens with zero attached hydrogens (tertiary/aromatic N) is 4. The van der Waals surface area contributed by atoms with Gasteiger partial charge in [0.15, 0.2) is 0 Å². The van der Waals surface area contributed by atoms with E-state index >= 15 is 0 Å². The highest BCUT2D eigenvalue weighted by atomic mass is 32.2. The van der Waals surface area contributed by atoms with E-state index in [2.05, 4.69) is 196 Å². The third kappa shape index (κ3) is 12.7. The molecule has 6 aromatic carbocycles. The van der Waals surface area contributed by atoms with Crippen molar-refractivity contribution in [1.29, 1.82) is 0 Å². The Morgan fingerprint density at radius 1 is 0.547 bits per heavy atom. The molecular formula is C64H82N4O4S2Si. The topological polar surface area (TPSA) is 64.3 Å². The lowest BCUT2D eigenvalue weighted by atomic mass is 10.1. The van der Waals surface area contributed by atoms with Gasteiger partial charge in [-0.1, -0.05) is 124 Å². The first kappa shape index (κ1) is 57.1. The zero-order chi connectivity index (χ0) is 51.3. The number of aromatic nitrogens is 2. The highest BCUT2D eigenvalue weighted by molar-refractivity contribution is 7.99. The van der Waals surface area contributed by atoms with E-state index in [0.29, 0.717) is 19.0 Å². The van der Waals surface area contributed by atoms with Crippen molar-refractivity contribution in [1.82, 2.24) is 18.9 Å². The largest absolute Gasteiger partial charge is 0.543 e. The number of phenols is 1. The van der Waals surface area contributed by atoms with Gasteiger partial charge in [0.1, 0.15) is 36.2 Å². The van der Waals surface area contributed by atoms with E-state index < -0.39 is 8.32 Å². The molecule has 0 spiro atoms. The molecule has 10 rings (SSSR count). The summed E-state index contributed by atoms with van der Waals surface area (Å²) in [5.41, 5.74) is 12.9. The van der Waals surface area contributed by atoms with Crippen LogP contribution in [0.5, 0.6) is 23.0 Å². The number of hydrogen-bond donors (Lipinski definition) is 1. The summed E-state index contributed by atoms with van der Waals surface area (Å²) >= 11 is 3.81. The summed E-state index contributed by atoms with van der Waals surface area (Å²) in [4.78, 5) is 7.42. The van der Waals surface area contributed by atoms with Gasteiger partial charge in [-0.15, -0.1) is 23.5 Å². The second kappa shape index (κ2) is 25.1. The standard InChI is InChI=1S/C34H44N2O2SSi.C28H30N2O2S.2CH4/c1-8-35(9-2)20-21-37-26-16-14-25(15-17-26)23-36-31-19-18-27(38-40(6,7)34(3,4)5)22-29(31)30-24-39-32-13-11-10-12-28(32)33(30)36;1-3-29(4-2)15-16-32-22-12-9-20(10-13-22)18-30-26-14-11-21(31)17-24(26)25-19-33-27-8-6-5-7-23(27)28(25)30;;/h10-19,22H,8-9,20-21,23-24H2,1-7H3;5-14,17,31H,3-4,15-16,18-19H2,1-2H3;2*1H4. The molecule has 398 valence electrons. The Bertz CT molecular complexity index is 3150. The lowest BCUT2D eigenvalue weighted by molar-refractivity contribution is 0.222. The fourth-order valence-electron chi connectivity index (χ4n) is 9.85. The first-order chi connectivity index (χ1) is 35.3. The predicted molar refractivity (Wildman–Crippen MR) is 324 cm³/mol. The smallest absolute Gasteiger partial charge is 0.250 e. The number of hydrogen-bond acceptors (Lipinski definition) is 8. The van der Waals surface area contributed by atoms with Crippen LogP contribution >= 0.6 is 23.5 Å². The van der Waals surface area contributed by atoms with Crippen molar-refractivity contribution in [2.24, 2.45) is 0 Å². The molecule has 4 heterocycles. The Morgan fingerprint density at radius 2 is 0.960 bits per heavy atom. The van der Waals surface area contributed by atoms with Crippen LogP contribution in [0.2, 0.25) is 18.1 Å². The third-order valence-corrected chi connectivity index (χ3v) is 21.7. The Labute approximate surface area is 458 Å². The number of phenolic OH excluding ortho intramolecular Hbond substituents is 1. The lowest BCUT2D eigenvalue weighted by Gasteiger charge is -2.36. The van der Waals surface area contributed by atoms with Gasteiger partial charge in [-0.3, -0.25) is 0 Å². The van der Waals surface area contributed by atoms with Crippen LogP contribution in [-0.2, 0) is 24.6 Å². The molecule has 0 fully saturated rings. The normalized spacial score (nSPS) is 12.7. The number of rotatable bonds is 18. The van der Waals surface area contributed by atoms with E-state index in [4.69, 9.17) is 13.9 Å². The van der Waals surface area contributed by atoms with Crippen LogP contribution in [0.4, 0.5) is 0 Å². The van der Waals surface area contributed by atoms with Gasteiger partial charge in [0, 0.05) is 80.4 Å². The van der Waals surface area contributed by atoms with Crippen LogP contribution in [-0.4, -0.2) is 84.8 Å². The average molecular weight is 1060 g/mol. The highest BCUT2D eigenvalue weighted by Crippen LogP contribution is 2.49. The summed E-state index contributed by atoms with van der Waals surface area (Å²) in [6, 6.07) is 47.1. The molecule has 2 aromatic heterocycles. The number of benzene rings is 6. The molecule has 0 aliphatic carbocycles. The molecule has 11 heteroatoms. The fourth-order valence-corrected chi connectivity index (χ4v) is 13.0. The third-order valence-electron chi connectivity index (χ3n) is 15.2. The van der Waals surface area contributed by atoms with E-state index in [-0.39, 0.29) is 19.9 Å². The summed E-state index contributed by atoms with van der Waals surface area (Å²) in [5, 5.41) is 12.8. The molecular weight excluding hydrogens is 981 g/mol. The molecule has 0 bridgehead atoms. The number of thioether (sulfide) groups is 2. The number of fused-ring (bicyclic) bond motifs is 10. The quantitative estimate of drug-likeness (QED) is 0.0853. The molecule has 0 saturated carbocycles. The molecule has 75 heavy (non-hydrogen) atoms. The maximum absolute atomic E-state index is 10.2. The van der Waals surface area contributed by atoms with Crippen LogP contribution in [0.15, 0.2) is 143 Å². The van der Waals surface area contributed by atoms with Crippen molar-refractivity contribution >= 4 is 53.6 Å². The van der Waals surface area contributed by atoms with Crippen LogP contribution in [0.25, 0.3) is 44.3 Å². The monoisotopic (exact) mass is 1060 g/mol. The predicted octanol–water partition coefficient (Wildman–Crippen LogP) is 16.7. The van der Waals surface area contributed by atoms with Crippen molar-refractivity contribution in [3.8, 4) is 45.5 Å². The first-order valence-corrected chi connectivity index (χ1v) is 31.2. The van der Waals surface area contributed by atoms with E-state index in [9.17, 15) is 5.11 Å². The molecule has 8 nitrogen and oxygen atoms in total. The molecule has 0 radical (unpaired) electrons. The molecule has 0 unspecified atom stereocenters. The minimum atomic E-state index is -1.93. The van der Waals surface area contributed by atoms with Gasteiger partial charge in [0.25, 0.3) is 0 Å². The van der Waals surface area contributed by atoms with Gasteiger partial charge in [-0.2, -0.15) is 0 Å². The Kier molecular flexibility index (Phi) is 19.1. The summed E-state index contributed by atoms with van der Waals surface area (Å²) in [7, 11) is -1.93. The SMILES string of the molecule is C.C.CCN(CC)CCOc1ccc(Cn2c3c(c4cc(O)ccc42)CSc2ccccc2-3)cc1.CCN(CC)CCOc1ccc(Cn2c3c(c4cc(O[Si](C)(C)C(C)(C)C)ccc42)CSc2ccccc2-3)cc1. The van der Waals surface area contributed by atoms with Crippen molar-refractivity contribution < 1.29 is 19.0 Å². The van der Waals surface area contributed by atoms with E-state index in [1.807, 2.05) is 35.7 Å². The van der Waals surface area contributed by atoms with Crippen molar-refractivity contribution in [2.45, 2.75) is 116 Å². The molecule has 0 saturated heterocycles. The van der Waals surface area contributed by atoms with Crippen molar-refractivity contribution in [3.63, 3.8) is 0 Å². The number of ether oxygens (including phenoxy) is 2. The summed E-state index contributed by atoms with van der Waals surface area (Å²) in [6.45, 7) is 29.4. The molecule has 2 aliphatic heterocycles. The van der Waals surface area contributed by atoms with E-state index in [1.54, 1.807) is 6.07 Å². The Hall–Kier alpha value is -5.56. The number of likely N-dealkylation sites (N-methyl/N-ethyl adjacent to an activating group) is 2. The number of aromatic hydroxyl groups is 1. The van der Waals surface area contributed by atoms with Crippen LogP contribution in [0.1, 0.15) is 85.6 Å². The van der Waals surface area contributed by atoms with E-state index in [0.717, 1.165) is 92.0 Å². The highest BCUT2D eigenvalue weighted by Gasteiger charge is 2.39. The minimum Gasteiger partial charge on any atom is -0.543 e. The van der Waals surface area contributed by atoms with Crippen molar-refractivity contribution in [3.05, 3.63) is 156 Å². The summed E-state index contributed by atoms with van der Waals surface area (Å²) in [6.07, 6.45) is 0. The average Bonchev–Trinajstić information content (AvgIpc) is 3.88. The van der Waals surface area contributed by atoms with Crippen molar-refractivity contribution in [2.75, 3.05) is 52.5 Å². The van der Waals surface area contributed by atoms with Gasteiger partial charge in [-0.25, -0.2) is 0 Å². The fraction of sp³-hybridized carbons (Fsp3) is 0.375. The van der Waals surface area contributed by atoms with E-state index in [1.165, 1.54) is 65.5 Å². The zero-order valence-electron chi connectivity index (χ0n) is 44.5. The van der Waals surface area contributed by atoms with Gasteiger partial charge < -0.3 is 37.9 Å². The maximum atomic E-state index is 10.2. The maximum Gasteiger partial charge on any atom is 0.250 e. The molecule has 8 aromatic rings. The van der Waals surface area contributed by atoms with Gasteiger partial charge in [0.2, 0.25) is 8.32 Å². The summed E-state index contributed by atoms with van der Waals surface area (Å²) < 4.78 is 23.7. The Balaban J connectivity index is 0.000000216. The molecule has 0 atom stereocenters. The molecule has 0 amide bonds. The molecule has 1 N–H and O–H groups in total. The minimum absolute atomic E-state index is 0. The lowest BCUT2D eigenvalue weighted by Crippen LogP contribution is -2.43. The first-order valence-electron chi connectivity index (χ1n) is 26.3. The Morgan fingerprint density at radius 3 is 1.40 bits per heavy atom. The second-order valence-corrected chi connectivity index (χ2v) is 27.4. The molecule has 2 aliphatic rings. The van der Waals surface area contributed by atoms with Gasteiger partial charge in [-0.05, 0) is 139 Å². The zero-order valence-corrected chi connectivity index (χ0v) is 47.1. The van der Waals surface area contributed by atoms with Crippen LogP contribution in [0, 0.1) is 0 Å². The van der Waals surface area contributed by atoms with Gasteiger partial charge in [0.05, 0.1) is 11.4 Å². The second-order valence-electron chi connectivity index (χ2n) is 20.7. The van der Waals surface area contributed by atoms with Gasteiger partial charge >= 0.3 is 0 Å². The van der Waals surface area contributed by atoms with Crippen LogP contribution < -0.4 is 13.9 Å². The van der Waals surface area contributed by atoms with Crippen LogP contribution in [0.3, 0.4) is 0 Å².